The summed E-state index contributed by atoms with van der Waals surface area (Å²) < 4.78 is 10.3. The second kappa shape index (κ2) is 3.48. The number of ether oxygens (including phenoxy) is 2. The monoisotopic (exact) mass is 194 g/mol. The molecule has 1 unspecified atom stereocenters. The van der Waals surface area contributed by atoms with Crippen molar-refractivity contribution < 1.29 is 14.3 Å². The number of hydrogen-bond donors (Lipinski definition) is 0. The highest BCUT2D eigenvalue weighted by molar-refractivity contribution is 5.90. The molecule has 3 nitrogen and oxygen atoms in total. The number of allylic oxidation sites excluding steroid dienone is 3. The predicted molar refractivity (Wildman–Crippen MR) is 51.2 cm³/mol. The predicted octanol–water partition coefficient (Wildman–Crippen LogP) is 2.15. The summed E-state index contributed by atoms with van der Waals surface area (Å²) in [6.07, 6.45) is 5.24. The number of hydrogen-bond acceptors (Lipinski definition) is 3. The number of methoxy groups -OCH3 is 1. The van der Waals surface area contributed by atoms with Crippen LogP contribution in [0.4, 0.5) is 0 Å². The Hall–Kier alpha value is -1.25. The van der Waals surface area contributed by atoms with Crippen molar-refractivity contribution in [2.75, 3.05) is 7.11 Å². The summed E-state index contributed by atoms with van der Waals surface area (Å²) in [6, 6.07) is 0. The zero-order valence-electron chi connectivity index (χ0n) is 8.50. The molecule has 0 amide bonds. The first kappa shape index (κ1) is 9.31. The molecule has 0 saturated heterocycles. The molecule has 3 heteroatoms. The van der Waals surface area contributed by atoms with E-state index < -0.39 is 0 Å². The fourth-order valence-corrected chi connectivity index (χ4v) is 2.12. The minimum absolute atomic E-state index is 0.149. The SMILES string of the molecule is COC(=O)C1=C(C)OC2=CCCCC21. The molecule has 0 radical (unpaired) electrons. The average Bonchev–Trinajstić information content (AvgIpc) is 2.53. The highest BCUT2D eigenvalue weighted by Crippen LogP contribution is 2.40. The third-order valence-electron chi connectivity index (χ3n) is 2.79. The standard InChI is InChI=1S/C11H14O3/c1-7-10(11(12)13-2)8-5-3-4-6-9(8)14-7/h6,8H,3-5H2,1-2H3. The van der Waals surface area contributed by atoms with Gasteiger partial charge in [0, 0.05) is 0 Å². The number of carbonyl (C=O) groups excluding carboxylic acids is 1. The van der Waals surface area contributed by atoms with Gasteiger partial charge >= 0.3 is 5.97 Å². The Kier molecular flexibility index (Phi) is 2.32. The lowest BCUT2D eigenvalue weighted by Crippen LogP contribution is -2.15. The molecule has 0 bridgehead atoms. The van der Waals surface area contributed by atoms with Crippen LogP contribution in [0.15, 0.2) is 23.2 Å². The summed E-state index contributed by atoms with van der Waals surface area (Å²) in [7, 11) is 1.41. The van der Waals surface area contributed by atoms with Gasteiger partial charge in [-0.3, -0.25) is 0 Å². The van der Waals surface area contributed by atoms with Gasteiger partial charge in [0.05, 0.1) is 18.6 Å². The first-order valence-corrected chi connectivity index (χ1v) is 4.91. The molecule has 0 spiro atoms. The van der Waals surface area contributed by atoms with Gasteiger partial charge < -0.3 is 9.47 Å². The Balaban J connectivity index is 2.31. The van der Waals surface area contributed by atoms with Gasteiger partial charge in [0.25, 0.3) is 0 Å². The molecular formula is C11H14O3. The summed E-state index contributed by atoms with van der Waals surface area (Å²) in [5.74, 6) is 1.54. The molecule has 2 rings (SSSR count). The number of rotatable bonds is 1. The molecule has 1 aliphatic heterocycles. The van der Waals surface area contributed by atoms with Crippen molar-refractivity contribution in [2.45, 2.75) is 26.2 Å². The van der Waals surface area contributed by atoms with E-state index >= 15 is 0 Å². The second-order valence-corrected chi connectivity index (χ2v) is 3.65. The lowest BCUT2D eigenvalue weighted by molar-refractivity contribution is -0.136. The van der Waals surface area contributed by atoms with Crippen LogP contribution in [0, 0.1) is 5.92 Å². The van der Waals surface area contributed by atoms with Crippen molar-refractivity contribution in [1.82, 2.24) is 0 Å². The van der Waals surface area contributed by atoms with Gasteiger partial charge in [-0.05, 0) is 32.3 Å². The van der Waals surface area contributed by atoms with Gasteiger partial charge in [-0.2, -0.15) is 0 Å². The van der Waals surface area contributed by atoms with E-state index in [0.29, 0.717) is 11.3 Å². The second-order valence-electron chi connectivity index (χ2n) is 3.65. The minimum atomic E-state index is -0.252. The Morgan fingerprint density at radius 3 is 3.14 bits per heavy atom. The molecule has 0 aromatic carbocycles. The molecule has 0 fully saturated rings. The third kappa shape index (κ3) is 1.33. The van der Waals surface area contributed by atoms with Crippen LogP contribution in [0.5, 0.6) is 0 Å². The van der Waals surface area contributed by atoms with Crippen molar-refractivity contribution in [3.05, 3.63) is 23.2 Å². The normalized spacial score (nSPS) is 25.3. The molecule has 2 aliphatic rings. The van der Waals surface area contributed by atoms with Gasteiger partial charge in [0.2, 0.25) is 0 Å². The maximum atomic E-state index is 11.5. The molecule has 0 saturated carbocycles. The first-order valence-electron chi connectivity index (χ1n) is 4.91. The highest BCUT2D eigenvalue weighted by Gasteiger charge is 2.36. The molecule has 14 heavy (non-hydrogen) atoms. The van der Waals surface area contributed by atoms with Crippen LogP contribution in [0.3, 0.4) is 0 Å². The lowest BCUT2D eigenvalue weighted by atomic mass is 9.88. The van der Waals surface area contributed by atoms with Crippen molar-refractivity contribution >= 4 is 5.97 Å². The first-order chi connectivity index (χ1) is 6.74. The summed E-state index contributed by atoms with van der Waals surface area (Å²) in [5.41, 5.74) is 0.707. The summed E-state index contributed by atoms with van der Waals surface area (Å²) in [6.45, 7) is 1.82. The van der Waals surface area contributed by atoms with E-state index in [2.05, 4.69) is 6.08 Å². The quantitative estimate of drug-likeness (QED) is 0.600. The van der Waals surface area contributed by atoms with Crippen molar-refractivity contribution in [3.63, 3.8) is 0 Å². The fourth-order valence-electron chi connectivity index (χ4n) is 2.12. The molecule has 1 aliphatic carbocycles. The maximum Gasteiger partial charge on any atom is 0.337 e. The van der Waals surface area contributed by atoms with Crippen molar-refractivity contribution in [3.8, 4) is 0 Å². The molecule has 1 heterocycles. The van der Waals surface area contributed by atoms with Crippen LogP contribution >= 0.6 is 0 Å². The molecule has 0 aromatic rings. The Morgan fingerprint density at radius 1 is 1.64 bits per heavy atom. The van der Waals surface area contributed by atoms with E-state index in [1.54, 1.807) is 0 Å². The van der Waals surface area contributed by atoms with Crippen LogP contribution in [0.25, 0.3) is 0 Å². The Labute approximate surface area is 83.4 Å². The minimum Gasteiger partial charge on any atom is -0.466 e. The largest absolute Gasteiger partial charge is 0.466 e. The molecular weight excluding hydrogens is 180 g/mol. The van der Waals surface area contributed by atoms with Crippen LogP contribution in [-0.2, 0) is 14.3 Å². The van der Waals surface area contributed by atoms with Crippen LogP contribution in [-0.4, -0.2) is 13.1 Å². The van der Waals surface area contributed by atoms with E-state index in [-0.39, 0.29) is 11.9 Å². The highest BCUT2D eigenvalue weighted by atomic mass is 16.5. The summed E-state index contributed by atoms with van der Waals surface area (Å²) in [4.78, 5) is 11.5. The average molecular weight is 194 g/mol. The lowest BCUT2D eigenvalue weighted by Gasteiger charge is -2.16. The fraction of sp³-hybridized carbons (Fsp3) is 0.545. The van der Waals surface area contributed by atoms with E-state index in [1.165, 1.54) is 7.11 Å². The van der Waals surface area contributed by atoms with Gasteiger partial charge in [-0.25, -0.2) is 4.79 Å². The third-order valence-corrected chi connectivity index (χ3v) is 2.79. The number of fused-ring (bicyclic) bond motifs is 1. The van der Waals surface area contributed by atoms with Crippen molar-refractivity contribution in [2.24, 2.45) is 5.92 Å². The van der Waals surface area contributed by atoms with Crippen LogP contribution in [0.1, 0.15) is 26.2 Å². The number of esters is 1. The van der Waals surface area contributed by atoms with Crippen LogP contribution < -0.4 is 0 Å². The van der Waals surface area contributed by atoms with Gasteiger partial charge in [-0.15, -0.1) is 0 Å². The molecule has 76 valence electrons. The summed E-state index contributed by atoms with van der Waals surface area (Å²) in [5, 5.41) is 0. The van der Waals surface area contributed by atoms with Gasteiger partial charge in [0.15, 0.2) is 0 Å². The van der Waals surface area contributed by atoms with Gasteiger partial charge in [-0.1, -0.05) is 0 Å². The zero-order valence-corrected chi connectivity index (χ0v) is 8.50. The Bertz CT molecular complexity index is 325. The van der Waals surface area contributed by atoms with E-state index in [1.807, 2.05) is 6.92 Å². The zero-order chi connectivity index (χ0) is 10.1. The molecule has 0 N–H and O–H groups in total. The van der Waals surface area contributed by atoms with E-state index in [9.17, 15) is 4.79 Å². The van der Waals surface area contributed by atoms with Gasteiger partial charge in [0.1, 0.15) is 11.5 Å². The van der Waals surface area contributed by atoms with E-state index in [0.717, 1.165) is 25.0 Å². The topological polar surface area (TPSA) is 35.5 Å². The Morgan fingerprint density at radius 2 is 2.43 bits per heavy atom. The summed E-state index contributed by atoms with van der Waals surface area (Å²) >= 11 is 0. The number of carbonyl (C=O) groups is 1. The molecule has 0 aromatic heterocycles. The van der Waals surface area contributed by atoms with Crippen molar-refractivity contribution in [1.29, 1.82) is 0 Å². The molecule has 1 atom stereocenters. The smallest absolute Gasteiger partial charge is 0.337 e. The van der Waals surface area contributed by atoms with E-state index in [4.69, 9.17) is 9.47 Å². The van der Waals surface area contributed by atoms with Crippen LogP contribution in [0.2, 0.25) is 0 Å². The maximum absolute atomic E-state index is 11.5.